The van der Waals surface area contributed by atoms with Crippen molar-refractivity contribution in [3.63, 3.8) is 0 Å². The minimum Gasteiger partial charge on any atom is -0.507 e. The number of aromatic hydroxyl groups is 2. The van der Waals surface area contributed by atoms with Crippen LogP contribution in [0.15, 0.2) is 12.1 Å². The molecule has 3 unspecified atom stereocenters. The Morgan fingerprint density at radius 3 is 2.48 bits per heavy atom. The molecular weight excluding hydrogens is 376 g/mol. The molecule has 0 aliphatic heterocycles. The molecule has 7 nitrogen and oxygen atoms in total. The van der Waals surface area contributed by atoms with E-state index >= 15 is 0 Å². The number of benzene rings is 2. The van der Waals surface area contributed by atoms with Gasteiger partial charge in [0, 0.05) is 17.2 Å². The quantitative estimate of drug-likeness (QED) is 0.571. The highest BCUT2D eigenvalue weighted by molar-refractivity contribution is 6.09. The van der Waals surface area contributed by atoms with Gasteiger partial charge in [-0.3, -0.25) is 9.59 Å². The van der Waals surface area contributed by atoms with Crippen LogP contribution >= 0.6 is 0 Å². The van der Waals surface area contributed by atoms with E-state index in [1.807, 2.05) is 0 Å². The summed E-state index contributed by atoms with van der Waals surface area (Å²) in [5.74, 6) is -2.37. The van der Waals surface area contributed by atoms with Crippen molar-refractivity contribution in [2.75, 3.05) is 7.11 Å². The van der Waals surface area contributed by atoms with Crippen molar-refractivity contribution in [1.29, 1.82) is 0 Å². The summed E-state index contributed by atoms with van der Waals surface area (Å²) in [7, 11) is 1.24. The van der Waals surface area contributed by atoms with E-state index in [0.717, 1.165) is 0 Å². The summed E-state index contributed by atoms with van der Waals surface area (Å²) >= 11 is 0. The number of phenolic OH excluding ortho intramolecular Hbond substituents is 2. The average Bonchev–Trinajstić information content (AvgIpc) is 2.71. The smallest absolute Gasteiger partial charge is 0.316 e. The van der Waals surface area contributed by atoms with Gasteiger partial charge in [0.25, 0.3) is 0 Å². The number of carbonyl (C=O) groups excluding carboxylic acids is 2. The molecule has 0 spiro atoms. The molecule has 2 aromatic carbocycles. The lowest BCUT2D eigenvalue weighted by Crippen LogP contribution is -2.44. The monoisotopic (exact) mass is 400 g/mol. The maximum atomic E-state index is 12.6. The molecule has 0 heterocycles. The number of hydrogen-bond acceptors (Lipinski definition) is 7. The molecule has 0 aromatic heterocycles. The first-order valence-corrected chi connectivity index (χ1v) is 9.79. The topological polar surface area (TPSA) is 124 Å². The molecule has 4 rings (SSSR count). The second kappa shape index (κ2) is 6.71. The first-order valence-electron chi connectivity index (χ1n) is 9.79. The van der Waals surface area contributed by atoms with Crippen LogP contribution in [0.2, 0.25) is 0 Å². The Bertz CT molecular complexity index is 1040. The van der Waals surface area contributed by atoms with Gasteiger partial charge in [-0.1, -0.05) is 6.92 Å². The third-order valence-electron chi connectivity index (χ3n) is 6.55. The summed E-state index contributed by atoms with van der Waals surface area (Å²) in [6.45, 7) is 1.77. The van der Waals surface area contributed by atoms with E-state index in [1.165, 1.54) is 13.2 Å². The summed E-state index contributed by atoms with van der Waals surface area (Å²) in [4.78, 5) is 24.9. The number of esters is 1. The van der Waals surface area contributed by atoms with Gasteiger partial charge in [-0.25, -0.2) is 0 Å². The van der Waals surface area contributed by atoms with Crippen molar-refractivity contribution < 1.29 is 34.8 Å². The van der Waals surface area contributed by atoms with Gasteiger partial charge in [0.05, 0.1) is 24.4 Å². The third kappa shape index (κ3) is 2.72. The molecule has 0 saturated heterocycles. The highest BCUT2D eigenvalue weighted by Gasteiger charge is 2.47. The van der Waals surface area contributed by atoms with Crippen molar-refractivity contribution in [3.8, 4) is 11.5 Å². The Balaban J connectivity index is 2.05. The SMILES string of the molecule is CCC1(O)CCc2c(cc3c(O)c4c(cc3c2O)C(O)CCC4=O)C1C(=O)OC. The van der Waals surface area contributed by atoms with Gasteiger partial charge in [0.2, 0.25) is 0 Å². The molecule has 3 atom stereocenters. The van der Waals surface area contributed by atoms with Crippen LogP contribution < -0.4 is 0 Å². The van der Waals surface area contributed by atoms with E-state index in [0.29, 0.717) is 34.9 Å². The van der Waals surface area contributed by atoms with Crippen LogP contribution in [0.1, 0.15) is 71.7 Å². The predicted molar refractivity (Wildman–Crippen MR) is 104 cm³/mol. The number of carbonyl (C=O) groups is 2. The highest BCUT2D eigenvalue weighted by Crippen LogP contribution is 2.50. The van der Waals surface area contributed by atoms with Gasteiger partial charge in [0.1, 0.15) is 17.4 Å². The van der Waals surface area contributed by atoms with Gasteiger partial charge < -0.3 is 25.2 Å². The highest BCUT2D eigenvalue weighted by atomic mass is 16.5. The lowest BCUT2D eigenvalue weighted by atomic mass is 9.69. The number of methoxy groups -OCH3 is 1. The van der Waals surface area contributed by atoms with Crippen LogP contribution in [0, 0.1) is 0 Å². The van der Waals surface area contributed by atoms with Gasteiger partial charge in [-0.05, 0) is 54.5 Å². The van der Waals surface area contributed by atoms with Gasteiger partial charge in [-0.2, -0.15) is 0 Å². The van der Waals surface area contributed by atoms with Crippen molar-refractivity contribution >= 4 is 22.5 Å². The number of phenols is 2. The number of hydrogen-bond donors (Lipinski definition) is 4. The van der Waals surface area contributed by atoms with Gasteiger partial charge in [-0.15, -0.1) is 0 Å². The first-order chi connectivity index (χ1) is 13.7. The molecule has 7 heteroatoms. The molecule has 0 amide bonds. The van der Waals surface area contributed by atoms with E-state index in [9.17, 15) is 30.0 Å². The van der Waals surface area contributed by atoms with Crippen LogP contribution in [0.3, 0.4) is 0 Å². The normalized spacial score (nSPS) is 26.1. The minimum absolute atomic E-state index is 0.0479. The summed E-state index contributed by atoms with van der Waals surface area (Å²) in [6, 6.07) is 3.09. The first kappa shape index (κ1) is 19.7. The lowest BCUT2D eigenvalue weighted by molar-refractivity contribution is -0.151. The molecule has 154 valence electrons. The summed E-state index contributed by atoms with van der Waals surface area (Å²) < 4.78 is 4.92. The Morgan fingerprint density at radius 2 is 1.83 bits per heavy atom. The summed E-state index contributed by atoms with van der Waals surface area (Å²) in [6.07, 6.45) is 0.399. The van der Waals surface area contributed by atoms with Gasteiger partial charge in [0.15, 0.2) is 5.78 Å². The molecule has 2 aliphatic carbocycles. The molecule has 29 heavy (non-hydrogen) atoms. The van der Waals surface area contributed by atoms with E-state index in [2.05, 4.69) is 0 Å². The van der Waals surface area contributed by atoms with Crippen LogP contribution in [0.25, 0.3) is 10.8 Å². The number of rotatable bonds is 2. The fourth-order valence-corrected chi connectivity index (χ4v) is 4.83. The number of fused-ring (bicyclic) bond motifs is 3. The van der Waals surface area contributed by atoms with Crippen LogP contribution in [0.5, 0.6) is 11.5 Å². The zero-order valence-corrected chi connectivity index (χ0v) is 16.4. The van der Waals surface area contributed by atoms with Crippen LogP contribution in [-0.2, 0) is 16.0 Å². The van der Waals surface area contributed by atoms with E-state index in [4.69, 9.17) is 4.74 Å². The molecule has 0 saturated carbocycles. The Kier molecular flexibility index (Phi) is 4.55. The average molecular weight is 400 g/mol. The fraction of sp³-hybridized carbons (Fsp3) is 0.455. The molecule has 4 N–H and O–H groups in total. The molecule has 2 aliphatic rings. The lowest BCUT2D eigenvalue weighted by Gasteiger charge is -2.39. The summed E-state index contributed by atoms with van der Waals surface area (Å²) in [5, 5.41) is 43.7. The van der Waals surface area contributed by atoms with Crippen molar-refractivity contribution in [3.05, 3.63) is 34.4 Å². The Morgan fingerprint density at radius 1 is 1.17 bits per heavy atom. The molecule has 0 fully saturated rings. The van der Waals surface area contributed by atoms with Crippen molar-refractivity contribution in [2.45, 2.75) is 56.7 Å². The standard InChI is InChI=1S/C22H24O7/c1-3-22(28)7-6-10-11(18(22)21(27)29-2)8-13-12(19(10)25)9-14-15(23)4-5-16(24)17(14)20(13)26/h8-9,15,18,23,25-26,28H,3-7H2,1-2H3. The van der Waals surface area contributed by atoms with E-state index in [-0.39, 0.29) is 47.5 Å². The molecule has 0 radical (unpaired) electrons. The van der Waals surface area contributed by atoms with Crippen LogP contribution in [-0.4, -0.2) is 44.9 Å². The Labute approximate surface area is 167 Å². The van der Waals surface area contributed by atoms with Gasteiger partial charge >= 0.3 is 5.97 Å². The fourth-order valence-electron chi connectivity index (χ4n) is 4.83. The molecular formula is C22H24O7. The molecule has 0 bridgehead atoms. The van der Waals surface area contributed by atoms with E-state index < -0.39 is 23.6 Å². The zero-order chi connectivity index (χ0) is 21.1. The maximum Gasteiger partial charge on any atom is 0.316 e. The van der Waals surface area contributed by atoms with Crippen molar-refractivity contribution in [1.82, 2.24) is 0 Å². The number of ketones is 1. The Hall–Kier alpha value is -2.64. The van der Waals surface area contributed by atoms with Crippen molar-refractivity contribution in [2.24, 2.45) is 0 Å². The number of aliphatic hydroxyl groups excluding tert-OH is 1. The predicted octanol–water partition coefficient (Wildman–Crippen LogP) is 2.60. The number of ether oxygens (including phenoxy) is 1. The van der Waals surface area contributed by atoms with E-state index in [1.54, 1.807) is 13.0 Å². The third-order valence-corrected chi connectivity index (χ3v) is 6.55. The molecule has 2 aromatic rings. The second-order valence-corrected chi connectivity index (χ2v) is 7.97. The maximum absolute atomic E-state index is 12.6. The zero-order valence-electron chi connectivity index (χ0n) is 16.4. The summed E-state index contributed by atoms with van der Waals surface area (Å²) in [5.41, 5.74) is -0.104. The minimum atomic E-state index is -1.34. The number of aliphatic hydroxyl groups is 2. The largest absolute Gasteiger partial charge is 0.507 e. The second-order valence-electron chi connectivity index (χ2n) is 7.97. The number of Topliss-reactive ketones (excluding diaryl/α,β-unsaturated/α-hetero) is 1. The van der Waals surface area contributed by atoms with Crippen LogP contribution in [0.4, 0.5) is 0 Å².